The van der Waals surface area contributed by atoms with Crippen LogP contribution in [0.5, 0.6) is 0 Å². The third-order valence-electron chi connectivity index (χ3n) is 1.58. The summed E-state index contributed by atoms with van der Waals surface area (Å²) in [4.78, 5) is 20.7. The van der Waals surface area contributed by atoms with Gasteiger partial charge in [-0.3, -0.25) is 4.79 Å². The van der Waals surface area contributed by atoms with E-state index in [1.807, 2.05) is 0 Å². The molecule has 0 aromatic rings. The smallest absolute Gasteiger partial charge is 0.333 e. The molecule has 0 heterocycles. The summed E-state index contributed by atoms with van der Waals surface area (Å²) in [5.74, 6) is -2.04. The van der Waals surface area contributed by atoms with Gasteiger partial charge in [0.05, 0.1) is 5.57 Å². The molecule has 13 heavy (non-hydrogen) atoms. The standard InChI is InChI=1S/C8H13NO4/c1-3-6(5(2)8(12)13)9-4-7(10)11/h9H,3-4H2,1-2H3,(H,10,11)(H,12,13)/b6-5+. The molecule has 0 bridgehead atoms. The molecule has 0 fully saturated rings. The van der Waals surface area contributed by atoms with Gasteiger partial charge in [0.15, 0.2) is 0 Å². The molecule has 3 N–H and O–H groups in total. The highest BCUT2D eigenvalue weighted by Gasteiger charge is 2.08. The van der Waals surface area contributed by atoms with Crippen LogP contribution in [0.25, 0.3) is 0 Å². The topological polar surface area (TPSA) is 86.6 Å². The molecule has 74 valence electrons. The van der Waals surface area contributed by atoms with Crippen LogP contribution in [0.4, 0.5) is 0 Å². The van der Waals surface area contributed by atoms with Crippen molar-refractivity contribution in [2.24, 2.45) is 0 Å². The molecule has 0 aromatic heterocycles. The Bertz CT molecular complexity index is 245. The van der Waals surface area contributed by atoms with E-state index in [0.717, 1.165) is 0 Å². The second-order valence-electron chi connectivity index (χ2n) is 2.51. The summed E-state index contributed by atoms with van der Waals surface area (Å²) >= 11 is 0. The molecular formula is C8H13NO4. The van der Waals surface area contributed by atoms with Crippen molar-refractivity contribution < 1.29 is 19.8 Å². The van der Waals surface area contributed by atoms with Crippen molar-refractivity contribution in [1.82, 2.24) is 5.32 Å². The molecule has 0 unspecified atom stereocenters. The van der Waals surface area contributed by atoms with Gasteiger partial charge in [-0.15, -0.1) is 0 Å². The summed E-state index contributed by atoms with van der Waals surface area (Å²) < 4.78 is 0. The Morgan fingerprint density at radius 2 is 1.85 bits per heavy atom. The lowest BCUT2D eigenvalue weighted by Gasteiger charge is -2.08. The fraction of sp³-hybridized carbons (Fsp3) is 0.500. The quantitative estimate of drug-likeness (QED) is 0.543. The molecule has 0 amide bonds. The predicted molar refractivity (Wildman–Crippen MR) is 46.3 cm³/mol. The van der Waals surface area contributed by atoms with Gasteiger partial charge in [-0.1, -0.05) is 6.92 Å². The average molecular weight is 187 g/mol. The molecular weight excluding hydrogens is 174 g/mol. The Balaban J connectivity index is 4.41. The number of allylic oxidation sites excluding steroid dienone is 1. The van der Waals surface area contributed by atoms with Crippen LogP contribution in [0, 0.1) is 0 Å². The summed E-state index contributed by atoms with van der Waals surface area (Å²) in [6.07, 6.45) is 0.478. The second-order valence-corrected chi connectivity index (χ2v) is 2.51. The van der Waals surface area contributed by atoms with Crippen molar-refractivity contribution in [3.05, 3.63) is 11.3 Å². The normalized spacial score (nSPS) is 11.8. The highest BCUT2D eigenvalue weighted by atomic mass is 16.4. The predicted octanol–water partition coefficient (Wildman–Crippen LogP) is 0.429. The largest absolute Gasteiger partial charge is 0.480 e. The van der Waals surface area contributed by atoms with Gasteiger partial charge in [-0.05, 0) is 13.3 Å². The zero-order chi connectivity index (χ0) is 10.4. The maximum Gasteiger partial charge on any atom is 0.333 e. The van der Waals surface area contributed by atoms with Crippen LogP contribution in [0.15, 0.2) is 11.3 Å². The van der Waals surface area contributed by atoms with E-state index < -0.39 is 11.9 Å². The first-order chi connectivity index (χ1) is 5.99. The van der Waals surface area contributed by atoms with Crippen LogP contribution >= 0.6 is 0 Å². The third kappa shape index (κ3) is 4.15. The number of hydrogen-bond donors (Lipinski definition) is 3. The summed E-state index contributed by atoms with van der Waals surface area (Å²) in [5.41, 5.74) is 0.610. The molecule has 5 heteroatoms. The number of carbonyl (C=O) groups is 2. The SMILES string of the molecule is CC/C(NCC(=O)O)=C(/C)C(=O)O. The lowest BCUT2D eigenvalue weighted by Crippen LogP contribution is -2.23. The number of carboxylic acids is 2. The number of nitrogens with one attached hydrogen (secondary N) is 1. The molecule has 0 aromatic carbocycles. The highest BCUT2D eigenvalue weighted by Crippen LogP contribution is 2.04. The van der Waals surface area contributed by atoms with Gasteiger partial charge in [0.1, 0.15) is 6.54 Å². The first-order valence-electron chi connectivity index (χ1n) is 3.87. The fourth-order valence-corrected chi connectivity index (χ4v) is 0.834. The van der Waals surface area contributed by atoms with Crippen molar-refractivity contribution in [2.45, 2.75) is 20.3 Å². The van der Waals surface area contributed by atoms with Crippen molar-refractivity contribution in [2.75, 3.05) is 6.54 Å². The van der Waals surface area contributed by atoms with Gasteiger partial charge < -0.3 is 15.5 Å². The van der Waals surface area contributed by atoms with E-state index in [-0.39, 0.29) is 12.1 Å². The van der Waals surface area contributed by atoms with Crippen molar-refractivity contribution >= 4 is 11.9 Å². The molecule has 0 aliphatic carbocycles. The first-order valence-corrected chi connectivity index (χ1v) is 3.87. The number of aliphatic carboxylic acids is 2. The molecule has 0 aliphatic rings. The van der Waals surface area contributed by atoms with Gasteiger partial charge in [0.2, 0.25) is 0 Å². The van der Waals surface area contributed by atoms with Crippen LogP contribution in [-0.2, 0) is 9.59 Å². The minimum absolute atomic E-state index is 0.156. The summed E-state index contributed by atoms with van der Waals surface area (Å²) in [5, 5.41) is 19.5. The van der Waals surface area contributed by atoms with Crippen molar-refractivity contribution in [1.29, 1.82) is 0 Å². The van der Waals surface area contributed by atoms with Crippen LogP contribution in [-0.4, -0.2) is 28.7 Å². The van der Waals surface area contributed by atoms with Gasteiger partial charge in [0, 0.05) is 5.70 Å². The zero-order valence-corrected chi connectivity index (χ0v) is 7.63. The maximum absolute atomic E-state index is 10.5. The van der Waals surface area contributed by atoms with Crippen molar-refractivity contribution in [3.8, 4) is 0 Å². The lowest BCUT2D eigenvalue weighted by molar-refractivity contribution is -0.136. The molecule has 5 nitrogen and oxygen atoms in total. The molecule has 0 saturated carbocycles. The molecule has 0 radical (unpaired) electrons. The number of hydrogen-bond acceptors (Lipinski definition) is 3. The Labute approximate surface area is 76.1 Å². The third-order valence-corrected chi connectivity index (χ3v) is 1.58. The highest BCUT2D eigenvalue weighted by molar-refractivity contribution is 5.86. The molecule has 0 spiro atoms. The number of rotatable bonds is 5. The molecule has 0 saturated heterocycles. The summed E-state index contributed by atoms with van der Waals surface area (Å²) in [7, 11) is 0. The minimum atomic E-state index is -1.03. The van der Waals surface area contributed by atoms with Crippen molar-refractivity contribution in [3.63, 3.8) is 0 Å². The zero-order valence-electron chi connectivity index (χ0n) is 7.63. The summed E-state index contributed by atoms with van der Waals surface area (Å²) in [6, 6.07) is 0. The summed E-state index contributed by atoms with van der Waals surface area (Å²) in [6.45, 7) is 2.94. The van der Waals surface area contributed by atoms with E-state index in [4.69, 9.17) is 10.2 Å². The van der Waals surface area contributed by atoms with Crippen LogP contribution in [0.2, 0.25) is 0 Å². The molecule has 0 aliphatic heterocycles. The second kappa shape index (κ2) is 5.18. The van der Waals surface area contributed by atoms with Gasteiger partial charge in [-0.25, -0.2) is 4.79 Å². The van der Waals surface area contributed by atoms with E-state index in [2.05, 4.69) is 5.32 Å². The van der Waals surface area contributed by atoms with E-state index in [0.29, 0.717) is 12.1 Å². The van der Waals surface area contributed by atoms with E-state index in [1.54, 1.807) is 6.92 Å². The van der Waals surface area contributed by atoms with Gasteiger partial charge in [0.25, 0.3) is 0 Å². The Morgan fingerprint density at radius 3 is 2.15 bits per heavy atom. The Hall–Kier alpha value is -1.52. The molecule has 0 atom stereocenters. The van der Waals surface area contributed by atoms with E-state index in [9.17, 15) is 9.59 Å². The van der Waals surface area contributed by atoms with Crippen LogP contribution < -0.4 is 5.32 Å². The van der Waals surface area contributed by atoms with Crippen LogP contribution in [0.3, 0.4) is 0 Å². The molecule has 0 rings (SSSR count). The van der Waals surface area contributed by atoms with E-state index in [1.165, 1.54) is 6.92 Å². The van der Waals surface area contributed by atoms with Gasteiger partial charge >= 0.3 is 11.9 Å². The van der Waals surface area contributed by atoms with Gasteiger partial charge in [-0.2, -0.15) is 0 Å². The lowest BCUT2D eigenvalue weighted by atomic mass is 10.2. The monoisotopic (exact) mass is 187 g/mol. The van der Waals surface area contributed by atoms with Crippen LogP contribution in [0.1, 0.15) is 20.3 Å². The number of carboxylic acid groups (broad SMARTS) is 2. The fourth-order valence-electron chi connectivity index (χ4n) is 0.834. The Kier molecular flexibility index (Phi) is 4.58. The van der Waals surface area contributed by atoms with E-state index >= 15 is 0 Å². The minimum Gasteiger partial charge on any atom is -0.480 e. The average Bonchev–Trinajstić information content (AvgIpc) is 2.04. The first kappa shape index (κ1) is 11.5. The Morgan fingerprint density at radius 1 is 1.31 bits per heavy atom. The maximum atomic E-state index is 10.5.